The second kappa shape index (κ2) is 5.99. The molecule has 5 nitrogen and oxygen atoms in total. The van der Waals surface area contributed by atoms with Crippen molar-refractivity contribution in [2.24, 2.45) is 0 Å². The van der Waals surface area contributed by atoms with Gasteiger partial charge in [-0.2, -0.15) is 0 Å². The van der Waals surface area contributed by atoms with Crippen LogP contribution in [0.15, 0.2) is 45.1 Å². The van der Waals surface area contributed by atoms with E-state index in [9.17, 15) is 8.42 Å². The van der Waals surface area contributed by atoms with E-state index in [1.807, 2.05) is 13.8 Å². The van der Waals surface area contributed by atoms with Crippen LogP contribution in [0, 0.1) is 13.8 Å². The zero-order valence-electron chi connectivity index (χ0n) is 12.3. The Morgan fingerprint density at radius 2 is 2.00 bits per heavy atom. The molecule has 1 N–H and O–H groups in total. The van der Waals surface area contributed by atoms with Gasteiger partial charge in [0, 0.05) is 10.6 Å². The molecule has 3 rings (SSSR count). The minimum Gasteiger partial charge on any atom is -0.355 e. The number of sulfonamides is 1. The molecule has 23 heavy (non-hydrogen) atoms. The molecule has 0 bridgehead atoms. The van der Waals surface area contributed by atoms with Crippen LogP contribution in [0.1, 0.15) is 11.3 Å². The van der Waals surface area contributed by atoms with Gasteiger partial charge in [0.15, 0.2) is 5.76 Å². The summed E-state index contributed by atoms with van der Waals surface area (Å²) in [5.41, 5.74) is 2.10. The van der Waals surface area contributed by atoms with Crippen molar-refractivity contribution in [1.82, 2.24) is 5.16 Å². The maximum Gasteiger partial charge on any atom is 0.271 e. The molecule has 2 heterocycles. The maximum atomic E-state index is 12.5. The van der Waals surface area contributed by atoms with Crippen molar-refractivity contribution >= 4 is 38.6 Å². The molecule has 1 aromatic carbocycles. The average Bonchev–Trinajstić information content (AvgIpc) is 3.07. The van der Waals surface area contributed by atoms with Gasteiger partial charge in [0.25, 0.3) is 10.0 Å². The second-order valence-electron chi connectivity index (χ2n) is 4.96. The number of benzene rings is 1. The molecule has 8 heteroatoms. The molecule has 3 aromatic rings. The largest absolute Gasteiger partial charge is 0.355 e. The van der Waals surface area contributed by atoms with Crippen LogP contribution in [0.25, 0.3) is 10.6 Å². The van der Waals surface area contributed by atoms with E-state index < -0.39 is 10.0 Å². The fourth-order valence-electron chi connectivity index (χ4n) is 1.99. The molecule has 0 fully saturated rings. The number of nitrogens with one attached hydrogen (secondary N) is 1. The highest BCUT2D eigenvalue weighted by Gasteiger charge is 2.20. The Hall–Kier alpha value is -1.83. The molecule has 0 aliphatic rings. The molecular weight excluding hydrogens is 356 g/mol. The monoisotopic (exact) mass is 368 g/mol. The molecule has 0 aliphatic carbocycles. The van der Waals surface area contributed by atoms with Gasteiger partial charge < -0.3 is 4.52 Å². The Balaban J connectivity index is 1.91. The third-order valence-electron chi connectivity index (χ3n) is 3.30. The van der Waals surface area contributed by atoms with Gasteiger partial charge in [-0.05, 0) is 44.2 Å². The minimum absolute atomic E-state index is 0.195. The summed E-state index contributed by atoms with van der Waals surface area (Å²) in [6.07, 6.45) is 0. The smallest absolute Gasteiger partial charge is 0.271 e. The highest BCUT2D eigenvalue weighted by atomic mass is 35.5. The lowest BCUT2D eigenvalue weighted by Crippen LogP contribution is -2.11. The first-order chi connectivity index (χ1) is 10.9. The Morgan fingerprint density at radius 3 is 2.65 bits per heavy atom. The van der Waals surface area contributed by atoms with Crippen molar-refractivity contribution in [2.75, 3.05) is 4.72 Å². The van der Waals surface area contributed by atoms with Crippen LogP contribution in [-0.4, -0.2) is 13.6 Å². The first-order valence-electron chi connectivity index (χ1n) is 6.68. The van der Waals surface area contributed by atoms with Crippen molar-refractivity contribution in [3.05, 3.63) is 52.7 Å². The number of rotatable bonds is 4. The number of anilines is 1. The zero-order chi connectivity index (χ0) is 16.6. The third kappa shape index (κ3) is 3.26. The molecule has 0 aliphatic heterocycles. The van der Waals surface area contributed by atoms with Gasteiger partial charge in [-0.3, -0.25) is 4.72 Å². The Morgan fingerprint density at radius 1 is 1.22 bits per heavy atom. The van der Waals surface area contributed by atoms with Gasteiger partial charge in [0.1, 0.15) is 4.21 Å². The van der Waals surface area contributed by atoms with Crippen LogP contribution in [0.3, 0.4) is 0 Å². The quantitative estimate of drug-likeness (QED) is 0.737. The van der Waals surface area contributed by atoms with E-state index in [2.05, 4.69) is 9.88 Å². The minimum atomic E-state index is -3.68. The van der Waals surface area contributed by atoms with Gasteiger partial charge in [-0.15, -0.1) is 11.3 Å². The number of thiophene rings is 1. The fraction of sp³-hybridized carbons (Fsp3) is 0.133. The number of nitrogens with zero attached hydrogens (tertiary/aromatic N) is 1. The summed E-state index contributed by atoms with van der Waals surface area (Å²) in [4.78, 5) is 0.717. The lowest BCUT2D eigenvalue weighted by Gasteiger charge is -2.06. The zero-order valence-corrected chi connectivity index (χ0v) is 14.7. The van der Waals surface area contributed by atoms with Gasteiger partial charge in [-0.25, -0.2) is 8.42 Å². The predicted octanol–water partition coefficient (Wildman–Crippen LogP) is 4.47. The van der Waals surface area contributed by atoms with Crippen LogP contribution >= 0.6 is 22.9 Å². The van der Waals surface area contributed by atoms with E-state index in [1.165, 1.54) is 0 Å². The summed E-state index contributed by atoms with van der Waals surface area (Å²) >= 11 is 7.00. The highest BCUT2D eigenvalue weighted by Crippen LogP contribution is 2.34. The Bertz CT molecular complexity index is 961. The molecule has 0 saturated heterocycles. The number of hydrogen-bond donors (Lipinski definition) is 1. The molecule has 0 amide bonds. The summed E-state index contributed by atoms with van der Waals surface area (Å²) in [5.74, 6) is 0.594. The molecule has 0 saturated carbocycles. The normalized spacial score (nSPS) is 11.6. The highest BCUT2D eigenvalue weighted by molar-refractivity contribution is 7.94. The topological polar surface area (TPSA) is 72.2 Å². The third-order valence-corrected chi connectivity index (χ3v) is 6.50. The summed E-state index contributed by atoms with van der Waals surface area (Å²) in [6.45, 7) is 3.73. The van der Waals surface area contributed by atoms with Crippen molar-refractivity contribution in [3.8, 4) is 10.6 Å². The van der Waals surface area contributed by atoms with Crippen molar-refractivity contribution < 1.29 is 12.9 Å². The Kier molecular flexibility index (Phi) is 4.18. The SMILES string of the molecule is Cc1noc(-c2ccc(S(=O)(=O)Nc3cccc(Cl)c3)s2)c1C. The molecule has 0 spiro atoms. The summed E-state index contributed by atoms with van der Waals surface area (Å²) in [6, 6.07) is 9.81. The van der Waals surface area contributed by atoms with Crippen molar-refractivity contribution in [1.29, 1.82) is 0 Å². The lowest BCUT2D eigenvalue weighted by atomic mass is 10.2. The van der Waals surface area contributed by atoms with E-state index >= 15 is 0 Å². The summed E-state index contributed by atoms with van der Waals surface area (Å²) in [7, 11) is -3.68. The average molecular weight is 369 g/mol. The number of hydrogen-bond acceptors (Lipinski definition) is 5. The molecule has 0 unspecified atom stereocenters. The van der Waals surface area contributed by atoms with Crippen molar-refractivity contribution in [3.63, 3.8) is 0 Å². The molecule has 0 radical (unpaired) electrons. The van der Waals surface area contributed by atoms with Crippen LogP contribution in [0.4, 0.5) is 5.69 Å². The van der Waals surface area contributed by atoms with E-state index in [1.54, 1.807) is 36.4 Å². The number of aromatic nitrogens is 1. The Labute approximate surface area is 142 Å². The van der Waals surface area contributed by atoms with E-state index in [0.29, 0.717) is 16.5 Å². The van der Waals surface area contributed by atoms with Gasteiger partial charge in [0.2, 0.25) is 0 Å². The van der Waals surface area contributed by atoms with E-state index in [-0.39, 0.29) is 4.21 Å². The van der Waals surface area contributed by atoms with Crippen LogP contribution < -0.4 is 4.72 Å². The maximum absolute atomic E-state index is 12.5. The lowest BCUT2D eigenvalue weighted by molar-refractivity contribution is 0.427. The van der Waals surface area contributed by atoms with Crippen molar-refractivity contribution in [2.45, 2.75) is 18.1 Å². The van der Waals surface area contributed by atoms with Gasteiger partial charge >= 0.3 is 0 Å². The first-order valence-corrected chi connectivity index (χ1v) is 9.36. The molecule has 2 aromatic heterocycles. The molecular formula is C15H13ClN2O3S2. The standard InChI is InChI=1S/C15H13ClN2O3S2/c1-9-10(2)17-21-15(9)13-6-7-14(22-13)23(19,20)18-12-5-3-4-11(16)8-12/h3-8,18H,1-2H3. The molecule has 120 valence electrons. The predicted molar refractivity (Wildman–Crippen MR) is 91.6 cm³/mol. The van der Waals surface area contributed by atoms with E-state index in [0.717, 1.165) is 27.5 Å². The molecule has 0 atom stereocenters. The number of aryl methyl sites for hydroxylation is 1. The summed E-state index contributed by atoms with van der Waals surface area (Å²) in [5, 5.41) is 4.36. The van der Waals surface area contributed by atoms with E-state index in [4.69, 9.17) is 16.1 Å². The van der Waals surface area contributed by atoms with Gasteiger partial charge in [0.05, 0.1) is 16.3 Å². The van der Waals surface area contributed by atoms with Gasteiger partial charge in [-0.1, -0.05) is 22.8 Å². The van der Waals surface area contributed by atoms with Crippen LogP contribution in [-0.2, 0) is 10.0 Å². The second-order valence-corrected chi connectivity index (χ2v) is 8.39. The number of halogens is 1. The van der Waals surface area contributed by atoms with Crippen LogP contribution in [0.5, 0.6) is 0 Å². The first kappa shape index (κ1) is 16.0. The van der Waals surface area contributed by atoms with Crippen LogP contribution in [0.2, 0.25) is 5.02 Å². The summed E-state index contributed by atoms with van der Waals surface area (Å²) < 4.78 is 32.9. The fourth-order valence-corrected chi connectivity index (χ4v) is 4.57.